The van der Waals surface area contributed by atoms with Gasteiger partial charge in [-0.15, -0.1) is 0 Å². The summed E-state index contributed by atoms with van der Waals surface area (Å²) in [5.41, 5.74) is 2.73. The van der Waals surface area contributed by atoms with Gasteiger partial charge in [0.1, 0.15) is 0 Å². The number of carboxylic acids is 1. The molecule has 0 spiro atoms. The molecule has 1 rings (SSSR count). The molecule has 0 fully saturated rings. The molecule has 1 N–H and O–H groups in total. The molecule has 0 aliphatic rings. The molecule has 3 nitrogen and oxygen atoms in total. The van der Waals surface area contributed by atoms with Crippen molar-refractivity contribution >= 4 is 5.97 Å². The van der Waals surface area contributed by atoms with Crippen molar-refractivity contribution in [3.05, 3.63) is 35.4 Å². The van der Waals surface area contributed by atoms with Crippen LogP contribution in [0.25, 0.3) is 0 Å². The zero-order chi connectivity index (χ0) is 22.6. The van der Waals surface area contributed by atoms with Crippen LogP contribution in [0, 0.1) is 0 Å². The maximum absolute atomic E-state index is 11.0. The molecule has 0 heterocycles. The molecule has 0 bridgehead atoms. The van der Waals surface area contributed by atoms with Gasteiger partial charge in [0.15, 0.2) is 0 Å². The SMILES string of the molecule is CCCCCCCCCCCCc1ccc(CN(CCCCCC)CCC(=O)O)cc1. The van der Waals surface area contributed by atoms with Crippen LogP contribution in [0.1, 0.15) is 121 Å². The number of aliphatic carboxylic acids is 1. The monoisotopic (exact) mass is 431 g/mol. The van der Waals surface area contributed by atoms with Crippen molar-refractivity contribution in [2.45, 2.75) is 123 Å². The van der Waals surface area contributed by atoms with Crippen molar-refractivity contribution < 1.29 is 9.90 Å². The standard InChI is InChI=1S/C28H49NO2/c1-3-5-7-9-10-11-12-13-14-15-17-26-18-20-27(21-19-26)25-29(24-22-28(30)31)23-16-8-6-4-2/h18-21H,3-17,22-25H2,1-2H3,(H,30,31). The lowest BCUT2D eigenvalue weighted by atomic mass is 10.0. The summed E-state index contributed by atoms with van der Waals surface area (Å²) < 4.78 is 0. The van der Waals surface area contributed by atoms with E-state index in [1.54, 1.807) is 0 Å². The fourth-order valence-corrected chi connectivity index (χ4v) is 4.17. The summed E-state index contributed by atoms with van der Waals surface area (Å²) in [6.07, 6.45) is 20.1. The second-order valence-corrected chi connectivity index (χ2v) is 9.23. The molecule has 0 aromatic heterocycles. The van der Waals surface area contributed by atoms with Crippen molar-refractivity contribution in [1.29, 1.82) is 0 Å². The summed E-state index contributed by atoms with van der Waals surface area (Å²) in [5, 5.41) is 9.04. The average molecular weight is 432 g/mol. The Bertz CT molecular complexity index is 540. The van der Waals surface area contributed by atoms with E-state index in [9.17, 15) is 4.79 Å². The molecule has 0 aliphatic carbocycles. The largest absolute Gasteiger partial charge is 0.481 e. The second kappa shape index (κ2) is 19.3. The Kier molecular flexibility index (Phi) is 17.3. The molecule has 178 valence electrons. The lowest BCUT2D eigenvalue weighted by molar-refractivity contribution is -0.137. The van der Waals surface area contributed by atoms with Crippen LogP contribution < -0.4 is 0 Å². The summed E-state index contributed by atoms with van der Waals surface area (Å²) >= 11 is 0. The van der Waals surface area contributed by atoms with Crippen molar-refractivity contribution in [2.24, 2.45) is 0 Å². The van der Waals surface area contributed by atoms with Crippen molar-refractivity contribution in [3.63, 3.8) is 0 Å². The molecule has 31 heavy (non-hydrogen) atoms. The number of carbonyl (C=O) groups is 1. The van der Waals surface area contributed by atoms with Gasteiger partial charge in [-0.25, -0.2) is 0 Å². The van der Waals surface area contributed by atoms with Gasteiger partial charge < -0.3 is 5.11 Å². The van der Waals surface area contributed by atoms with E-state index in [0.29, 0.717) is 6.54 Å². The fraction of sp³-hybridized carbons (Fsp3) is 0.750. The molecule has 0 atom stereocenters. The maximum atomic E-state index is 11.0. The highest BCUT2D eigenvalue weighted by Crippen LogP contribution is 2.14. The third-order valence-corrected chi connectivity index (χ3v) is 6.22. The van der Waals surface area contributed by atoms with Crippen molar-refractivity contribution in [3.8, 4) is 0 Å². The Morgan fingerprint density at radius 2 is 1.16 bits per heavy atom. The molecule has 0 saturated heterocycles. The van der Waals surface area contributed by atoms with Gasteiger partial charge in [0.05, 0.1) is 6.42 Å². The molecular formula is C28H49NO2. The van der Waals surface area contributed by atoms with Gasteiger partial charge in [-0.3, -0.25) is 9.69 Å². The first-order chi connectivity index (χ1) is 15.2. The number of rotatable bonds is 21. The zero-order valence-electron chi connectivity index (χ0n) is 20.5. The first kappa shape index (κ1) is 27.7. The third-order valence-electron chi connectivity index (χ3n) is 6.22. The normalized spacial score (nSPS) is 11.3. The Morgan fingerprint density at radius 3 is 1.71 bits per heavy atom. The molecule has 0 unspecified atom stereocenters. The van der Waals surface area contributed by atoms with E-state index >= 15 is 0 Å². The smallest absolute Gasteiger partial charge is 0.304 e. The van der Waals surface area contributed by atoms with Crippen molar-refractivity contribution in [2.75, 3.05) is 13.1 Å². The molecular weight excluding hydrogens is 382 g/mol. The number of nitrogens with zero attached hydrogens (tertiary/aromatic N) is 1. The number of benzene rings is 1. The molecule has 0 amide bonds. The third kappa shape index (κ3) is 16.0. The Morgan fingerprint density at radius 1 is 0.677 bits per heavy atom. The second-order valence-electron chi connectivity index (χ2n) is 9.23. The number of aryl methyl sites for hydroxylation is 1. The van der Waals surface area contributed by atoms with Crippen LogP contribution in [0.5, 0.6) is 0 Å². The highest BCUT2D eigenvalue weighted by Gasteiger charge is 2.08. The Labute approximate surface area is 192 Å². The van der Waals surface area contributed by atoms with E-state index in [1.807, 2.05) is 0 Å². The van der Waals surface area contributed by atoms with Crippen molar-refractivity contribution in [1.82, 2.24) is 4.90 Å². The molecule has 0 saturated carbocycles. The number of hydrogen-bond donors (Lipinski definition) is 1. The minimum absolute atomic E-state index is 0.227. The van der Waals surface area contributed by atoms with Crippen LogP contribution in [0.2, 0.25) is 0 Å². The average Bonchev–Trinajstić information content (AvgIpc) is 2.77. The summed E-state index contributed by atoms with van der Waals surface area (Å²) in [6.45, 7) is 6.99. The van der Waals surface area contributed by atoms with Gasteiger partial charge in [-0.2, -0.15) is 0 Å². The van der Waals surface area contributed by atoms with E-state index in [1.165, 1.54) is 101 Å². The lowest BCUT2D eigenvalue weighted by Crippen LogP contribution is -2.27. The lowest BCUT2D eigenvalue weighted by Gasteiger charge is -2.22. The molecule has 0 radical (unpaired) electrons. The summed E-state index contributed by atoms with van der Waals surface area (Å²) in [5.74, 6) is -0.703. The van der Waals surface area contributed by atoms with E-state index in [0.717, 1.165) is 19.5 Å². The van der Waals surface area contributed by atoms with E-state index in [2.05, 4.69) is 43.0 Å². The van der Waals surface area contributed by atoms with E-state index in [4.69, 9.17) is 5.11 Å². The number of hydrogen-bond acceptors (Lipinski definition) is 2. The minimum Gasteiger partial charge on any atom is -0.481 e. The van der Waals surface area contributed by atoms with Crippen LogP contribution >= 0.6 is 0 Å². The van der Waals surface area contributed by atoms with Crippen LogP contribution in [0.4, 0.5) is 0 Å². The topological polar surface area (TPSA) is 40.5 Å². The number of carboxylic acid groups (broad SMARTS) is 1. The minimum atomic E-state index is -0.703. The first-order valence-electron chi connectivity index (χ1n) is 13.2. The van der Waals surface area contributed by atoms with E-state index < -0.39 is 5.97 Å². The quantitative estimate of drug-likeness (QED) is 0.200. The van der Waals surface area contributed by atoms with Gasteiger partial charge in [-0.1, -0.05) is 115 Å². The van der Waals surface area contributed by atoms with Crippen LogP contribution in [0.15, 0.2) is 24.3 Å². The Hall–Kier alpha value is -1.35. The predicted molar refractivity (Wildman–Crippen MR) is 134 cm³/mol. The number of unbranched alkanes of at least 4 members (excludes halogenated alkanes) is 12. The van der Waals surface area contributed by atoms with Gasteiger partial charge in [0.2, 0.25) is 0 Å². The van der Waals surface area contributed by atoms with Gasteiger partial charge in [0.25, 0.3) is 0 Å². The highest BCUT2D eigenvalue weighted by molar-refractivity contribution is 5.66. The summed E-state index contributed by atoms with van der Waals surface area (Å²) in [4.78, 5) is 13.3. The maximum Gasteiger partial charge on any atom is 0.304 e. The summed E-state index contributed by atoms with van der Waals surface area (Å²) in [6, 6.07) is 9.03. The molecule has 0 aliphatic heterocycles. The molecule has 1 aromatic carbocycles. The molecule has 3 heteroatoms. The van der Waals surface area contributed by atoms with Crippen LogP contribution in [0.3, 0.4) is 0 Å². The Balaban J connectivity index is 2.24. The van der Waals surface area contributed by atoms with Crippen LogP contribution in [-0.2, 0) is 17.8 Å². The predicted octanol–water partition coefficient (Wildman–Crippen LogP) is 8.01. The molecule has 1 aromatic rings. The highest BCUT2D eigenvalue weighted by atomic mass is 16.4. The van der Waals surface area contributed by atoms with Gasteiger partial charge >= 0.3 is 5.97 Å². The summed E-state index contributed by atoms with van der Waals surface area (Å²) in [7, 11) is 0. The van der Waals surface area contributed by atoms with Crippen LogP contribution in [-0.4, -0.2) is 29.1 Å². The van der Waals surface area contributed by atoms with Gasteiger partial charge in [-0.05, 0) is 36.9 Å². The zero-order valence-corrected chi connectivity index (χ0v) is 20.5. The van der Waals surface area contributed by atoms with Gasteiger partial charge in [0, 0.05) is 13.1 Å². The fourth-order valence-electron chi connectivity index (χ4n) is 4.17. The first-order valence-corrected chi connectivity index (χ1v) is 13.2. The van der Waals surface area contributed by atoms with E-state index in [-0.39, 0.29) is 6.42 Å².